The van der Waals surface area contributed by atoms with Gasteiger partial charge in [0.25, 0.3) is 0 Å². The summed E-state index contributed by atoms with van der Waals surface area (Å²) < 4.78 is 7.26. The monoisotopic (exact) mass is 412 g/mol. The Morgan fingerprint density at radius 2 is 1.87 bits per heavy atom. The molecule has 0 saturated heterocycles. The molecule has 2 aromatic heterocycles. The molecule has 2 aromatic carbocycles. The number of fused-ring (bicyclic) bond motifs is 1. The number of aromatic amines is 1. The molecule has 7 heteroatoms. The Bertz CT molecular complexity index is 1310. The molecule has 0 unspecified atom stereocenters. The van der Waals surface area contributed by atoms with Gasteiger partial charge in [0, 0.05) is 17.1 Å². The number of nitrogens with one attached hydrogen (secondary N) is 1. The van der Waals surface area contributed by atoms with Gasteiger partial charge in [-0.3, -0.25) is 0 Å². The van der Waals surface area contributed by atoms with E-state index in [4.69, 9.17) is 4.74 Å². The number of aromatic nitrogens is 3. The molecule has 0 aliphatic rings. The number of rotatable bonds is 5. The molecule has 7 nitrogen and oxygen atoms in total. The second-order valence-corrected chi connectivity index (χ2v) is 7.07. The first-order chi connectivity index (χ1) is 15.0. The second kappa shape index (κ2) is 8.20. The lowest BCUT2D eigenvalue weighted by Crippen LogP contribution is -2.10. The fourth-order valence-corrected chi connectivity index (χ4v) is 3.55. The number of hydrogen-bond donors (Lipinski definition) is 2. The molecule has 0 fully saturated rings. The number of benzene rings is 2. The molecule has 0 spiro atoms. The van der Waals surface area contributed by atoms with Crippen molar-refractivity contribution in [3.8, 4) is 11.8 Å². The lowest BCUT2D eigenvalue weighted by atomic mass is 10.2. The van der Waals surface area contributed by atoms with Crippen molar-refractivity contribution in [1.82, 2.24) is 14.5 Å². The van der Waals surface area contributed by atoms with Gasteiger partial charge >= 0.3 is 5.97 Å². The first-order valence-corrected chi connectivity index (χ1v) is 9.68. The van der Waals surface area contributed by atoms with Crippen LogP contribution in [0.25, 0.3) is 22.3 Å². The van der Waals surface area contributed by atoms with E-state index in [0.29, 0.717) is 11.1 Å². The maximum Gasteiger partial charge on any atom is 0.340 e. The highest BCUT2D eigenvalue weighted by atomic mass is 16.5. The molecule has 4 aromatic rings. The van der Waals surface area contributed by atoms with E-state index < -0.39 is 12.6 Å². The molecule has 2 heterocycles. The molecule has 0 amide bonds. The number of aryl methyl sites for hydroxylation is 1. The lowest BCUT2D eigenvalue weighted by molar-refractivity contribution is 0.0502. The highest BCUT2D eigenvalue weighted by Crippen LogP contribution is 2.22. The van der Waals surface area contributed by atoms with Gasteiger partial charge in [0.05, 0.1) is 16.6 Å². The molecule has 4 rings (SSSR count). The molecule has 0 atom stereocenters. The molecule has 0 aliphatic carbocycles. The standard InChI is InChI=1S/C24H20N4O3/c1-15-12-18(16(2)28(15)17-8-4-3-5-9-17)24(30)31-14-22(29)19(13-25)23-26-20-10-6-7-11-21(20)27-23/h3-12,29H,14H2,1-2H3,(H,26,27)/b22-19-. The predicted molar refractivity (Wildman–Crippen MR) is 117 cm³/mol. The van der Waals surface area contributed by atoms with Crippen LogP contribution in [0.15, 0.2) is 66.4 Å². The second-order valence-electron chi connectivity index (χ2n) is 7.07. The molecule has 0 radical (unpaired) electrons. The molecule has 0 aliphatic heterocycles. The van der Waals surface area contributed by atoms with Crippen LogP contribution in [0.4, 0.5) is 0 Å². The van der Waals surface area contributed by atoms with E-state index >= 15 is 0 Å². The van der Waals surface area contributed by atoms with E-state index in [-0.39, 0.29) is 17.2 Å². The van der Waals surface area contributed by atoms with Crippen molar-refractivity contribution in [2.75, 3.05) is 6.61 Å². The third-order valence-electron chi connectivity index (χ3n) is 5.03. The number of aliphatic hydroxyl groups is 1. The summed E-state index contributed by atoms with van der Waals surface area (Å²) in [7, 11) is 0. The average molecular weight is 412 g/mol. The zero-order valence-electron chi connectivity index (χ0n) is 17.1. The van der Waals surface area contributed by atoms with Crippen LogP contribution >= 0.6 is 0 Å². The third-order valence-corrected chi connectivity index (χ3v) is 5.03. The number of carbonyl (C=O) groups excluding carboxylic acids is 1. The Balaban J connectivity index is 1.56. The SMILES string of the molecule is Cc1cc(C(=O)OC/C(O)=C(\C#N)c2nc3ccccc3[nH]2)c(C)n1-c1ccccc1. The van der Waals surface area contributed by atoms with E-state index in [1.807, 2.05) is 73.0 Å². The first kappa shape index (κ1) is 20.0. The van der Waals surface area contributed by atoms with Gasteiger partial charge in [-0.05, 0) is 44.2 Å². The Labute approximate surface area is 178 Å². The number of aliphatic hydroxyl groups excluding tert-OH is 1. The normalized spacial score (nSPS) is 11.8. The van der Waals surface area contributed by atoms with Gasteiger partial charge in [-0.15, -0.1) is 0 Å². The van der Waals surface area contributed by atoms with Gasteiger partial charge in [0.1, 0.15) is 18.2 Å². The van der Waals surface area contributed by atoms with Crippen molar-refractivity contribution < 1.29 is 14.6 Å². The van der Waals surface area contributed by atoms with Gasteiger partial charge in [0.15, 0.2) is 11.6 Å². The number of hydrogen-bond acceptors (Lipinski definition) is 5. The van der Waals surface area contributed by atoms with Crippen LogP contribution in [0.2, 0.25) is 0 Å². The molecule has 31 heavy (non-hydrogen) atoms. The summed E-state index contributed by atoms with van der Waals surface area (Å²) in [4.78, 5) is 20.0. The Kier molecular flexibility index (Phi) is 5.29. The van der Waals surface area contributed by atoms with Crippen LogP contribution in [-0.4, -0.2) is 32.2 Å². The molecule has 0 saturated carbocycles. The van der Waals surface area contributed by atoms with Crippen LogP contribution in [0, 0.1) is 25.2 Å². The van der Waals surface area contributed by atoms with Crippen molar-refractivity contribution in [3.05, 3.63) is 89.2 Å². The Morgan fingerprint density at radius 3 is 2.58 bits per heavy atom. The maximum atomic E-state index is 12.7. The van der Waals surface area contributed by atoms with Crippen LogP contribution in [-0.2, 0) is 4.74 Å². The summed E-state index contributed by atoms with van der Waals surface area (Å²) in [5, 5.41) is 19.9. The van der Waals surface area contributed by atoms with E-state index in [0.717, 1.165) is 22.6 Å². The topological polar surface area (TPSA) is 104 Å². The number of allylic oxidation sites excluding steroid dienone is 1. The number of imidazole rings is 1. The summed E-state index contributed by atoms with van der Waals surface area (Å²) in [6.45, 7) is 3.30. The van der Waals surface area contributed by atoms with Crippen LogP contribution in [0.5, 0.6) is 0 Å². The van der Waals surface area contributed by atoms with E-state index in [9.17, 15) is 15.2 Å². The minimum atomic E-state index is -0.580. The first-order valence-electron chi connectivity index (χ1n) is 9.68. The summed E-state index contributed by atoms with van der Waals surface area (Å²) in [5.74, 6) is -0.727. The molecular weight excluding hydrogens is 392 g/mol. The summed E-state index contributed by atoms with van der Waals surface area (Å²) in [5.41, 5.74) is 4.29. The summed E-state index contributed by atoms with van der Waals surface area (Å²) in [6.07, 6.45) is 0. The van der Waals surface area contributed by atoms with Crippen molar-refractivity contribution in [2.24, 2.45) is 0 Å². The van der Waals surface area contributed by atoms with Gasteiger partial charge in [-0.1, -0.05) is 30.3 Å². The van der Waals surface area contributed by atoms with Crippen LogP contribution in [0.1, 0.15) is 27.6 Å². The van der Waals surface area contributed by atoms with E-state index in [1.54, 1.807) is 12.1 Å². The van der Waals surface area contributed by atoms with Crippen molar-refractivity contribution in [3.63, 3.8) is 0 Å². The number of para-hydroxylation sites is 3. The highest BCUT2D eigenvalue weighted by molar-refractivity contribution is 5.91. The number of H-pyrrole nitrogens is 1. The average Bonchev–Trinajstić information content (AvgIpc) is 3.33. The van der Waals surface area contributed by atoms with Crippen molar-refractivity contribution in [2.45, 2.75) is 13.8 Å². The number of esters is 1. The van der Waals surface area contributed by atoms with Gasteiger partial charge in [-0.25, -0.2) is 9.78 Å². The minimum absolute atomic E-state index is 0.0706. The number of carbonyl (C=O) groups is 1. The van der Waals surface area contributed by atoms with E-state index in [2.05, 4.69) is 9.97 Å². The molecule has 154 valence electrons. The van der Waals surface area contributed by atoms with Crippen molar-refractivity contribution in [1.29, 1.82) is 5.26 Å². The zero-order valence-corrected chi connectivity index (χ0v) is 17.1. The quantitative estimate of drug-likeness (QED) is 0.283. The largest absolute Gasteiger partial charge is 0.507 e. The van der Waals surface area contributed by atoms with Crippen LogP contribution < -0.4 is 0 Å². The Hall–Kier alpha value is -4.31. The number of ether oxygens (including phenoxy) is 1. The highest BCUT2D eigenvalue weighted by Gasteiger charge is 2.20. The minimum Gasteiger partial charge on any atom is -0.507 e. The maximum absolute atomic E-state index is 12.7. The van der Waals surface area contributed by atoms with Gasteiger partial charge in [0.2, 0.25) is 0 Å². The smallest absolute Gasteiger partial charge is 0.340 e. The molecule has 0 bridgehead atoms. The molecule has 2 N–H and O–H groups in total. The zero-order chi connectivity index (χ0) is 22.0. The lowest BCUT2D eigenvalue weighted by Gasteiger charge is -2.10. The number of nitriles is 1. The predicted octanol–water partition coefficient (Wildman–Crippen LogP) is 4.62. The fraction of sp³-hybridized carbons (Fsp3) is 0.125. The van der Waals surface area contributed by atoms with Crippen molar-refractivity contribution >= 4 is 22.6 Å². The fourth-order valence-electron chi connectivity index (χ4n) is 3.55. The molecular formula is C24H20N4O3. The van der Waals surface area contributed by atoms with Crippen LogP contribution in [0.3, 0.4) is 0 Å². The third kappa shape index (κ3) is 3.79. The Morgan fingerprint density at radius 1 is 1.16 bits per heavy atom. The number of nitrogens with zero attached hydrogens (tertiary/aromatic N) is 3. The van der Waals surface area contributed by atoms with E-state index in [1.165, 1.54) is 0 Å². The van der Waals surface area contributed by atoms with Gasteiger partial charge in [-0.2, -0.15) is 5.26 Å². The summed E-state index contributed by atoms with van der Waals surface area (Å²) in [6, 6.07) is 20.7. The van der Waals surface area contributed by atoms with Gasteiger partial charge < -0.3 is 19.4 Å². The summed E-state index contributed by atoms with van der Waals surface area (Å²) >= 11 is 0.